The first-order valence-electron chi connectivity index (χ1n) is 11.9. The molecule has 4 aliphatic carbocycles. The van der Waals surface area contributed by atoms with Gasteiger partial charge in [0.25, 0.3) is 5.91 Å². The first-order valence-corrected chi connectivity index (χ1v) is 12.3. The Kier molecular flexibility index (Phi) is 6.03. The van der Waals surface area contributed by atoms with Crippen LogP contribution in [0.15, 0.2) is 18.2 Å². The van der Waals surface area contributed by atoms with Gasteiger partial charge in [0.1, 0.15) is 12.1 Å². The summed E-state index contributed by atoms with van der Waals surface area (Å²) in [5.74, 6) is 0.503. The molecule has 4 bridgehead atoms. The van der Waals surface area contributed by atoms with Crippen molar-refractivity contribution in [3.63, 3.8) is 0 Å². The van der Waals surface area contributed by atoms with Gasteiger partial charge in [0, 0.05) is 18.7 Å². The van der Waals surface area contributed by atoms with Crippen LogP contribution in [-0.2, 0) is 19.1 Å². The molecule has 34 heavy (non-hydrogen) atoms. The zero-order valence-electron chi connectivity index (χ0n) is 18.8. The number of benzene rings is 1. The molecule has 6 rings (SSSR count). The van der Waals surface area contributed by atoms with Crippen LogP contribution in [0.5, 0.6) is 0 Å². The van der Waals surface area contributed by atoms with Crippen molar-refractivity contribution in [2.75, 3.05) is 18.5 Å². The number of amides is 2. The number of carbonyl (C=O) groups excluding carboxylic acids is 3. The van der Waals surface area contributed by atoms with E-state index in [0.717, 1.165) is 19.3 Å². The van der Waals surface area contributed by atoms with Crippen molar-refractivity contribution in [3.8, 4) is 6.07 Å². The molecule has 180 valence electrons. The van der Waals surface area contributed by atoms with Crippen molar-refractivity contribution in [1.29, 1.82) is 5.26 Å². The molecule has 8 nitrogen and oxygen atoms in total. The first kappa shape index (κ1) is 23.1. The van der Waals surface area contributed by atoms with E-state index >= 15 is 0 Å². The van der Waals surface area contributed by atoms with Gasteiger partial charge in [-0.1, -0.05) is 11.6 Å². The van der Waals surface area contributed by atoms with E-state index in [0.29, 0.717) is 23.4 Å². The summed E-state index contributed by atoms with van der Waals surface area (Å²) in [5.41, 5.74) is 0.249. The number of carbonyl (C=O) groups is 3. The lowest BCUT2D eigenvalue weighted by atomic mass is 9.49. The van der Waals surface area contributed by atoms with E-state index in [2.05, 4.69) is 5.32 Å². The first-order chi connectivity index (χ1) is 16.3. The van der Waals surface area contributed by atoms with Crippen molar-refractivity contribution in [2.45, 2.75) is 57.1 Å². The summed E-state index contributed by atoms with van der Waals surface area (Å²) in [6.45, 7) is -0.404. The SMILES string of the molecule is N#Cc1ccc(NC(=O)COC(=O)[C@@H]2CC(O)CN2C(=O)C23CC4CC(CC(C4)C2)C3)cc1Cl. The molecule has 4 saturated carbocycles. The number of β-amino-alcohol motifs (C(OH)–C–C–N with tert-alkyl or cyclic N) is 1. The smallest absolute Gasteiger partial charge is 0.329 e. The van der Waals surface area contributed by atoms with E-state index in [9.17, 15) is 19.5 Å². The van der Waals surface area contributed by atoms with E-state index < -0.39 is 36.0 Å². The second-order valence-corrected chi connectivity index (χ2v) is 10.9. The Morgan fingerprint density at radius 2 is 1.79 bits per heavy atom. The van der Waals surface area contributed by atoms with Crippen LogP contribution in [0.1, 0.15) is 50.5 Å². The summed E-state index contributed by atoms with van der Waals surface area (Å²) in [7, 11) is 0. The number of nitrogens with one attached hydrogen (secondary N) is 1. The third-order valence-electron chi connectivity index (χ3n) is 8.02. The van der Waals surface area contributed by atoms with E-state index in [4.69, 9.17) is 21.6 Å². The predicted octanol–water partition coefficient (Wildman–Crippen LogP) is 2.87. The maximum Gasteiger partial charge on any atom is 0.329 e. The summed E-state index contributed by atoms with van der Waals surface area (Å²) >= 11 is 5.98. The highest BCUT2D eigenvalue weighted by molar-refractivity contribution is 6.32. The van der Waals surface area contributed by atoms with E-state index in [-0.39, 0.29) is 29.5 Å². The van der Waals surface area contributed by atoms with Crippen LogP contribution in [0, 0.1) is 34.5 Å². The Hall–Kier alpha value is -2.63. The number of anilines is 1. The third kappa shape index (κ3) is 4.27. The van der Waals surface area contributed by atoms with Gasteiger partial charge in [-0.2, -0.15) is 5.26 Å². The maximum absolute atomic E-state index is 13.7. The molecule has 0 aromatic heterocycles. The van der Waals surface area contributed by atoms with Crippen LogP contribution < -0.4 is 5.32 Å². The van der Waals surface area contributed by atoms with Crippen LogP contribution in [-0.4, -0.2) is 53.1 Å². The molecule has 1 aromatic rings. The highest BCUT2D eigenvalue weighted by Gasteiger charge is 2.57. The molecular weight excluding hydrogens is 458 g/mol. The van der Waals surface area contributed by atoms with Crippen LogP contribution in [0.2, 0.25) is 5.02 Å². The lowest BCUT2D eigenvalue weighted by molar-refractivity contribution is -0.166. The molecule has 1 aliphatic heterocycles. The Morgan fingerprint density at radius 1 is 1.15 bits per heavy atom. The van der Waals surface area contributed by atoms with Gasteiger partial charge in [-0.3, -0.25) is 9.59 Å². The number of hydrogen-bond acceptors (Lipinski definition) is 6. The summed E-state index contributed by atoms with van der Waals surface area (Å²) in [5, 5.41) is 22.0. The molecule has 1 aromatic carbocycles. The Labute approximate surface area is 203 Å². The van der Waals surface area contributed by atoms with Gasteiger partial charge in [0.15, 0.2) is 6.61 Å². The molecule has 1 heterocycles. The maximum atomic E-state index is 13.7. The molecule has 1 saturated heterocycles. The summed E-state index contributed by atoms with van der Waals surface area (Å²) in [6, 6.07) is 5.52. The van der Waals surface area contributed by atoms with E-state index in [1.807, 2.05) is 6.07 Å². The minimum atomic E-state index is -0.882. The number of aliphatic hydroxyl groups is 1. The molecule has 2 atom stereocenters. The largest absolute Gasteiger partial charge is 0.454 e. The van der Waals surface area contributed by atoms with Crippen molar-refractivity contribution < 1.29 is 24.2 Å². The van der Waals surface area contributed by atoms with Crippen LogP contribution in [0.4, 0.5) is 5.69 Å². The molecule has 2 N–H and O–H groups in total. The van der Waals surface area contributed by atoms with Gasteiger partial charge in [0.05, 0.1) is 22.1 Å². The van der Waals surface area contributed by atoms with E-state index in [1.165, 1.54) is 42.4 Å². The topological polar surface area (TPSA) is 120 Å². The molecule has 1 unspecified atom stereocenters. The highest BCUT2D eigenvalue weighted by Crippen LogP contribution is 2.60. The predicted molar refractivity (Wildman–Crippen MR) is 122 cm³/mol. The Bertz CT molecular complexity index is 1030. The number of halogens is 1. The van der Waals surface area contributed by atoms with Crippen molar-refractivity contribution in [3.05, 3.63) is 28.8 Å². The number of likely N-dealkylation sites (tertiary alicyclic amines) is 1. The molecule has 5 aliphatic rings. The summed E-state index contributed by atoms with van der Waals surface area (Å²) < 4.78 is 5.24. The molecular formula is C25H28ClN3O5. The molecule has 0 spiro atoms. The number of nitriles is 1. The lowest BCUT2D eigenvalue weighted by Crippen LogP contribution is -2.56. The normalized spacial score (nSPS) is 33.4. The Balaban J connectivity index is 1.21. The van der Waals surface area contributed by atoms with Crippen molar-refractivity contribution in [1.82, 2.24) is 4.90 Å². The molecule has 9 heteroatoms. The van der Waals surface area contributed by atoms with Gasteiger partial charge in [0.2, 0.25) is 5.91 Å². The Morgan fingerprint density at radius 3 is 2.38 bits per heavy atom. The number of esters is 1. The van der Waals surface area contributed by atoms with Crippen LogP contribution in [0.3, 0.4) is 0 Å². The second kappa shape index (κ2) is 8.86. The standard InChI is InChI=1S/C25H28ClN3O5/c26-20-6-18(2-1-17(20)11-27)28-22(31)13-34-23(32)21-7-19(30)12-29(21)24(33)25-8-14-3-15(9-25)5-16(4-14)10-25/h1-2,6,14-16,19,21,30H,3-5,7-10,12-13H2,(H,28,31)/t14?,15?,16?,19?,21-,25?/m0/s1. The average Bonchev–Trinajstić information content (AvgIpc) is 3.18. The van der Waals surface area contributed by atoms with Gasteiger partial charge in [-0.15, -0.1) is 0 Å². The van der Waals surface area contributed by atoms with Gasteiger partial charge < -0.3 is 20.1 Å². The minimum absolute atomic E-state index is 0.0261. The quantitative estimate of drug-likeness (QED) is 0.619. The minimum Gasteiger partial charge on any atom is -0.454 e. The lowest BCUT2D eigenvalue weighted by Gasteiger charge is -2.56. The monoisotopic (exact) mass is 485 g/mol. The molecule has 0 radical (unpaired) electrons. The number of hydrogen-bond donors (Lipinski definition) is 2. The number of nitrogens with zero attached hydrogens (tertiary/aromatic N) is 2. The number of aliphatic hydroxyl groups excluding tert-OH is 1. The molecule has 5 fully saturated rings. The van der Waals surface area contributed by atoms with Gasteiger partial charge in [-0.25, -0.2) is 4.79 Å². The number of rotatable bonds is 5. The summed E-state index contributed by atoms with van der Waals surface area (Å²) in [4.78, 5) is 40.4. The third-order valence-corrected chi connectivity index (χ3v) is 8.34. The van der Waals surface area contributed by atoms with E-state index in [1.54, 1.807) is 0 Å². The number of ether oxygens (including phenoxy) is 1. The zero-order chi connectivity index (χ0) is 24.0. The fourth-order valence-corrected chi connectivity index (χ4v) is 7.28. The van der Waals surface area contributed by atoms with Gasteiger partial charge >= 0.3 is 5.97 Å². The fraction of sp³-hybridized carbons (Fsp3) is 0.600. The molecule has 2 amide bonds. The van der Waals surface area contributed by atoms with Gasteiger partial charge in [-0.05, 0) is 74.5 Å². The zero-order valence-corrected chi connectivity index (χ0v) is 19.6. The van der Waals surface area contributed by atoms with Crippen LogP contribution in [0.25, 0.3) is 0 Å². The van der Waals surface area contributed by atoms with Crippen LogP contribution >= 0.6 is 11.6 Å². The van der Waals surface area contributed by atoms with Crippen molar-refractivity contribution in [2.24, 2.45) is 23.2 Å². The second-order valence-electron chi connectivity index (χ2n) is 10.5. The average molecular weight is 486 g/mol. The van der Waals surface area contributed by atoms with Crippen molar-refractivity contribution >= 4 is 35.1 Å². The fourth-order valence-electron chi connectivity index (χ4n) is 7.05. The highest BCUT2D eigenvalue weighted by atomic mass is 35.5. The summed E-state index contributed by atoms with van der Waals surface area (Å²) in [6.07, 6.45) is 5.58.